The first-order valence-electron chi connectivity index (χ1n) is 7.52. The van der Waals surface area contributed by atoms with Gasteiger partial charge in [0.05, 0.1) is 4.92 Å². The number of nitro groups is 1. The fraction of sp³-hybridized carbons (Fsp3) is 0.467. The Bertz CT molecular complexity index is 733. The Morgan fingerprint density at radius 3 is 2.46 bits per heavy atom. The van der Waals surface area contributed by atoms with Gasteiger partial charge in [-0.3, -0.25) is 14.9 Å². The minimum Gasteiger partial charge on any atom is -0.484 e. The average Bonchev–Trinajstić information content (AvgIpc) is 2.92. The highest BCUT2D eigenvalue weighted by Crippen LogP contribution is 2.41. The molecule has 26 heavy (non-hydrogen) atoms. The van der Waals surface area contributed by atoms with Gasteiger partial charge in [0.15, 0.2) is 6.61 Å². The van der Waals surface area contributed by atoms with Crippen LogP contribution >= 0.6 is 0 Å². The molecule has 1 N–H and O–H groups in total. The number of hydrogen-bond acceptors (Lipinski definition) is 6. The molecule has 11 heteroatoms. The van der Waals surface area contributed by atoms with E-state index in [4.69, 9.17) is 4.74 Å². The summed E-state index contributed by atoms with van der Waals surface area (Å²) >= 11 is 0. The van der Waals surface area contributed by atoms with Gasteiger partial charge in [-0.15, -0.1) is 0 Å². The number of nitrogens with zero attached hydrogens (tertiary/aromatic N) is 3. The van der Waals surface area contributed by atoms with Crippen LogP contribution in [0.5, 0.6) is 5.75 Å². The van der Waals surface area contributed by atoms with Crippen molar-refractivity contribution in [3.8, 4) is 5.75 Å². The zero-order valence-electron chi connectivity index (χ0n) is 13.9. The molecule has 1 aromatic carbocycles. The molecule has 1 aliphatic heterocycles. The first-order chi connectivity index (χ1) is 12.0. The van der Waals surface area contributed by atoms with E-state index in [0.717, 1.165) is 12.1 Å². The number of hydrogen-bond donors (Lipinski definition) is 1. The largest absolute Gasteiger partial charge is 0.484 e. The van der Waals surface area contributed by atoms with E-state index in [1.54, 1.807) is 13.8 Å². The Hall–Kier alpha value is -2.69. The van der Waals surface area contributed by atoms with Gasteiger partial charge in [0, 0.05) is 24.3 Å². The minimum atomic E-state index is -5.10. The highest BCUT2D eigenvalue weighted by Gasteiger charge is 2.63. The van der Waals surface area contributed by atoms with Crippen molar-refractivity contribution in [1.82, 2.24) is 5.01 Å². The van der Waals surface area contributed by atoms with Crippen molar-refractivity contribution in [1.29, 1.82) is 0 Å². The number of non-ortho nitro benzene ring substituents is 1. The van der Waals surface area contributed by atoms with Gasteiger partial charge in [-0.25, -0.2) is 0 Å². The first-order valence-corrected chi connectivity index (χ1v) is 7.52. The summed E-state index contributed by atoms with van der Waals surface area (Å²) in [6, 6.07) is 4.65. The molecule has 8 nitrogen and oxygen atoms in total. The predicted molar refractivity (Wildman–Crippen MR) is 83.3 cm³/mol. The summed E-state index contributed by atoms with van der Waals surface area (Å²) in [5.41, 5.74) is -3.60. The van der Waals surface area contributed by atoms with E-state index < -0.39 is 41.7 Å². The standard InChI is InChI=1S/C15H16F3N3O5/c1-9(2)12-7-14(23,15(16,17)18)20(19-12)13(22)8-26-11-5-3-10(4-6-11)21(24)25/h3-6,9,23H,7-8H2,1-2H3/t14-/m1/s1. The van der Waals surface area contributed by atoms with Gasteiger partial charge in [-0.1, -0.05) is 13.8 Å². The molecule has 1 amide bonds. The lowest BCUT2D eigenvalue weighted by Gasteiger charge is -2.32. The molecule has 0 spiro atoms. The van der Waals surface area contributed by atoms with E-state index in [2.05, 4.69) is 5.10 Å². The van der Waals surface area contributed by atoms with Crippen molar-refractivity contribution >= 4 is 17.3 Å². The van der Waals surface area contributed by atoms with Crippen LogP contribution in [0.25, 0.3) is 0 Å². The highest BCUT2D eigenvalue weighted by atomic mass is 19.4. The van der Waals surface area contributed by atoms with Gasteiger partial charge in [0.25, 0.3) is 17.3 Å². The van der Waals surface area contributed by atoms with Crippen LogP contribution in [-0.4, -0.2) is 45.2 Å². The normalized spacial score (nSPS) is 20.3. The SMILES string of the molecule is CC(C)C1=NN(C(=O)COc2ccc([N+](=O)[O-])cc2)[C@](O)(C(F)(F)F)C1. The Labute approximate surface area is 146 Å². The highest BCUT2D eigenvalue weighted by molar-refractivity contribution is 5.92. The van der Waals surface area contributed by atoms with Crippen LogP contribution in [0.3, 0.4) is 0 Å². The quantitative estimate of drug-likeness (QED) is 0.629. The monoisotopic (exact) mass is 375 g/mol. The molecule has 142 valence electrons. The lowest BCUT2D eigenvalue weighted by molar-refractivity contribution is -0.384. The van der Waals surface area contributed by atoms with Crippen LogP contribution in [0.4, 0.5) is 18.9 Å². The topological polar surface area (TPSA) is 105 Å². The van der Waals surface area contributed by atoms with E-state index in [1.807, 2.05) is 0 Å². The Balaban J connectivity index is 2.14. The summed E-state index contributed by atoms with van der Waals surface area (Å²) in [4.78, 5) is 22.1. The maximum Gasteiger partial charge on any atom is 0.438 e. The Morgan fingerprint density at radius 1 is 1.42 bits per heavy atom. The smallest absolute Gasteiger partial charge is 0.438 e. The van der Waals surface area contributed by atoms with Crippen LogP contribution in [0.1, 0.15) is 20.3 Å². The third-order valence-corrected chi connectivity index (χ3v) is 3.77. The lowest BCUT2D eigenvalue weighted by Crippen LogP contribution is -2.57. The van der Waals surface area contributed by atoms with Crippen LogP contribution in [0.2, 0.25) is 0 Å². The van der Waals surface area contributed by atoms with E-state index in [-0.39, 0.29) is 22.2 Å². The average molecular weight is 375 g/mol. The third kappa shape index (κ3) is 3.77. The molecule has 0 aromatic heterocycles. The number of rotatable bonds is 5. The van der Waals surface area contributed by atoms with E-state index in [9.17, 15) is 33.2 Å². The van der Waals surface area contributed by atoms with Crippen molar-refractivity contribution in [2.24, 2.45) is 11.0 Å². The number of nitro benzene ring substituents is 1. The summed E-state index contributed by atoms with van der Waals surface area (Å²) in [7, 11) is 0. The number of alkyl halides is 3. The molecule has 1 heterocycles. The number of aliphatic hydroxyl groups is 1. The molecule has 2 rings (SSSR count). The van der Waals surface area contributed by atoms with Crippen LogP contribution in [0.15, 0.2) is 29.4 Å². The summed E-state index contributed by atoms with van der Waals surface area (Å²) < 4.78 is 44.8. The number of carbonyl (C=O) groups is 1. The maximum absolute atomic E-state index is 13.3. The second-order valence-corrected chi connectivity index (χ2v) is 5.98. The van der Waals surface area contributed by atoms with Gasteiger partial charge >= 0.3 is 6.18 Å². The number of hydrazone groups is 1. The second-order valence-electron chi connectivity index (χ2n) is 5.98. The van der Waals surface area contributed by atoms with E-state index >= 15 is 0 Å². The van der Waals surface area contributed by atoms with Gasteiger partial charge in [0.2, 0.25) is 0 Å². The molecule has 1 aliphatic rings. The predicted octanol–water partition coefficient (Wildman–Crippen LogP) is 2.47. The van der Waals surface area contributed by atoms with Crippen molar-refractivity contribution in [2.45, 2.75) is 32.2 Å². The van der Waals surface area contributed by atoms with Gasteiger partial charge in [-0.05, 0) is 18.1 Å². The fourth-order valence-electron chi connectivity index (χ4n) is 2.25. The van der Waals surface area contributed by atoms with Gasteiger partial charge < -0.3 is 9.84 Å². The molecule has 0 saturated heterocycles. The first kappa shape index (κ1) is 19.6. The minimum absolute atomic E-state index is 0.00623. The van der Waals surface area contributed by atoms with Crippen LogP contribution in [-0.2, 0) is 4.79 Å². The number of amides is 1. The van der Waals surface area contributed by atoms with Gasteiger partial charge in [-0.2, -0.15) is 23.3 Å². The third-order valence-electron chi connectivity index (χ3n) is 3.77. The maximum atomic E-state index is 13.3. The Kier molecular flexibility index (Phi) is 5.21. The number of halogens is 3. The lowest BCUT2D eigenvalue weighted by atomic mass is 9.99. The molecule has 0 saturated carbocycles. The molecule has 0 unspecified atom stereocenters. The summed E-state index contributed by atoms with van der Waals surface area (Å²) in [5.74, 6) is -1.54. The summed E-state index contributed by atoms with van der Waals surface area (Å²) in [5, 5.41) is 24.2. The number of carbonyl (C=O) groups excluding carboxylic acids is 1. The summed E-state index contributed by atoms with van der Waals surface area (Å²) in [6.07, 6.45) is -5.94. The van der Waals surface area contributed by atoms with Crippen molar-refractivity contribution in [2.75, 3.05) is 6.61 Å². The second kappa shape index (κ2) is 6.90. The van der Waals surface area contributed by atoms with E-state index in [1.165, 1.54) is 12.1 Å². The summed E-state index contributed by atoms with van der Waals surface area (Å²) in [6.45, 7) is 2.36. The van der Waals surface area contributed by atoms with Crippen molar-refractivity contribution in [3.63, 3.8) is 0 Å². The van der Waals surface area contributed by atoms with Gasteiger partial charge in [0.1, 0.15) is 5.75 Å². The molecule has 1 aromatic rings. The molecule has 0 bridgehead atoms. The van der Waals surface area contributed by atoms with Crippen LogP contribution in [0, 0.1) is 16.0 Å². The number of benzene rings is 1. The molecule has 0 fully saturated rings. The molecule has 0 radical (unpaired) electrons. The molecular weight excluding hydrogens is 359 g/mol. The van der Waals surface area contributed by atoms with Crippen LogP contribution < -0.4 is 4.74 Å². The zero-order chi connectivity index (χ0) is 19.7. The Morgan fingerprint density at radius 2 is 2.00 bits per heavy atom. The van der Waals surface area contributed by atoms with E-state index in [0.29, 0.717) is 0 Å². The number of ether oxygens (including phenoxy) is 1. The molecular formula is C15H16F3N3O5. The fourth-order valence-corrected chi connectivity index (χ4v) is 2.25. The molecule has 1 atom stereocenters. The van der Waals surface area contributed by atoms with Crippen molar-refractivity contribution < 1.29 is 32.7 Å². The molecule has 0 aliphatic carbocycles. The zero-order valence-corrected chi connectivity index (χ0v) is 13.9. The van der Waals surface area contributed by atoms with Crippen molar-refractivity contribution in [3.05, 3.63) is 34.4 Å².